The molecule has 1 N–H and O–H groups in total. The summed E-state index contributed by atoms with van der Waals surface area (Å²) < 4.78 is 22.1. The third-order valence-corrected chi connectivity index (χ3v) is 3.77. The molecule has 0 bridgehead atoms. The van der Waals surface area contributed by atoms with Gasteiger partial charge in [-0.25, -0.2) is 13.2 Å². The van der Waals surface area contributed by atoms with E-state index in [0.717, 1.165) is 6.42 Å². The topological polar surface area (TPSA) is 66.5 Å². The second kappa shape index (κ2) is 4.63. The molecule has 1 fully saturated rings. The van der Waals surface area contributed by atoms with Crippen molar-refractivity contribution in [2.24, 2.45) is 0 Å². The van der Waals surface area contributed by atoms with E-state index >= 15 is 0 Å². The Hall–Kier alpha value is -0.780. The van der Waals surface area contributed by atoms with Crippen molar-refractivity contribution in [3.8, 4) is 0 Å². The fraction of sp³-hybridized carbons (Fsp3) is 0.875. The minimum atomic E-state index is -2.89. The molecule has 0 aromatic rings. The Balaban J connectivity index is 2.38. The van der Waals surface area contributed by atoms with E-state index in [1.54, 1.807) is 4.90 Å². The smallest absolute Gasteiger partial charge is 0.317 e. The highest BCUT2D eigenvalue weighted by atomic mass is 32.2. The molecule has 0 atom stereocenters. The molecule has 14 heavy (non-hydrogen) atoms. The van der Waals surface area contributed by atoms with Gasteiger partial charge in [-0.05, 0) is 6.42 Å². The molecule has 1 aliphatic heterocycles. The number of carbonyl (C=O) groups excluding carboxylic acids is 1. The SMILES string of the molecule is CCCNC(=O)N1CCS(=O)(=O)CC1. The molecule has 1 heterocycles. The average molecular weight is 220 g/mol. The van der Waals surface area contributed by atoms with E-state index in [0.29, 0.717) is 19.6 Å². The first-order valence-corrected chi connectivity index (χ1v) is 6.60. The van der Waals surface area contributed by atoms with Gasteiger partial charge in [0.05, 0.1) is 11.5 Å². The van der Waals surface area contributed by atoms with Crippen LogP contribution >= 0.6 is 0 Å². The zero-order valence-electron chi connectivity index (χ0n) is 8.32. The van der Waals surface area contributed by atoms with Crippen molar-refractivity contribution in [1.82, 2.24) is 10.2 Å². The summed E-state index contributed by atoms with van der Waals surface area (Å²) in [5.41, 5.74) is 0. The second-order valence-electron chi connectivity index (χ2n) is 3.37. The third-order valence-electron chi connectivity index (χ3n) is 2.16. The molecular weight excluding hydrogens is 204 g/mol. The van der Waals surface area contributed by atoms with E-state index in [4.69, 9.17) is 0 Å². The highest BCUT2D eigenvalue weighted by molar-refractivity contribution is 7.91. The van der Waals surface area contributed by atoms with Crippen LogP contribution in [0.1, 0.15) is 13.3 Å². The van der Waals surface area contributed by atoms with E-state index < -0.39 is 9.84 Å². The molecule has 0 saturated carbocycles. The largest absolute Gasteiger partial charge is 0.338 e. The van der Waals surface area contributed by atoms with Crippen molar-refractivity contribution in [1.29, 1.82) is 0 Å². The molecular formula is C8H16N2O3S. The first kappa shape index (κ1) is 11.3. The first-order chi connectivity index (χ1) is 6.55. The van der Waals surface area contributed by atoms with Gasteiger partial charge in [0.25, 0.3) is 0 Å². The normalized spacial score (nSPS) is 20.5. The van der Waals surface area contributed by atoms with Crippen LogP contribution in [0.25, 0.3) is 0 Å². The Morgan fingerprint density at radius 3 is 2.43 bits per heavy atom. The van der Waals surface area contributed by atoms with Gasteiger partial charge in [-0.3, -0.25) is 0 Å². The van der Waals surface area contributed by atoms with Crippen LogP contribution in [0.3, 0.4) is 0 Å². The van der Waals surface area contributed by atoms with Crippen LogP contribution in [0, 0.1) is 0 Å². The van der Waals surface area contributed by atoms with E-state index in [1.807, 2.05) is 6.92 Å². The Morgan fingerprint density at radius 1 is 1.36 bits per heavy atom. The molecule has 0 radical (unpaired) electrons. The highest BCUT2D eigenvalue weighted by Crippen LogP contribution is 2.03. The minimum absolute atomic E-state index is 0.0898. The molecule has 0 aliphatic carbocycles. The van der Waals surface area contributed by atoms with Crippen LogP contribution in [0.15, 0.2) is 0 Å². The Kier molecular flexibility index (Phi) is 3.74. The van der Waals surface area contributed by atoms with Gasteiger partial charge in [-0.15, -0.1) is 0 Å². The molecule has 82 valence electrons. The predicted octanol–water partition coefficient (Wildman–Crippen LogP) is -0.164. The summed E-state index contributed by atoms with van der Waals surface area (Å²) in [6.45, 7) is 3.25. The first-order valence-electron chi connectivity index (χ1n) is 4.78. The van der Waals surface area contributed by atoms with Crippen LogP contribution in [-0.2, 0) is 9.84 Å². The maximum atomic E-state index is 11.4. The summed E-state index contributed by atoms with van der Waals surface area (Å²) in [7, 11) is -2.89. The van der Waals surface area contributed by atoms with Crippen LogP contribution in [-0.4, -0.2) is 50.5 Å². The van der Waals surface area contributed by atoms with Crippen LogP contribution < -0.4 is 5.32 Å². The van der Waals surface area contributed by atoms with E-state index in [9.17, 15) is 13.2 Å². The Morgan fingerprint density at radius 2 is 1.93 bits per heavy atom. The van der Waals surface area contributed by atoms with Gasteiger partial charge in [0.15, 0.2) is 9.84 Å². The number of nitrogens with one attached hydrogen (secondary N) is 1. The van der Waals surface area contributed by atoms with Crippen molar-refractivity contribution < 1.29 is 13.2 Å². The Labute approximate surface area is 84.4 Å². The molecule has 0 unspecified atom stereocenters. The molecule has 1 aliphatic rings. The maximum Gasteiger partial charge on any atom is 0.317 e. The summed E-state index contributed by atoms with van der Waals surface area (Å²) in [5.74, 6) is 0.180. The average Bonchev–Trinajstić information content (AvgIpc) is 2.14. The van der Waals surface area contributed by atoms with Gasteiger partial charge in [0, 0.05) is 19.6 Å². The second-order valence-corrected chi connectivity index (χ2v) is 5.67. The summed E-state index contributed by atoms with van der Waals surface area (Å²) in [4.78, 5) is 12.9. The third kappa shape index (κ3) is 3.17. The lowest BCUT2D eigenvalue weighted by atomic mass is 10.5. The molecule has 5 nitrogen and oxygen atoms in total. The van der Waals surface area contributed by atoms with Gasteiger partial charge in [-0.1, -0.05) is 6.92 Å². The standard InChI is InChI=1S/C8H16N2O3S/c1-2-3-9-8(11)10-4-6-14(12,13)7-5-10/h2-7H2,1H3,(H,9,11). The molecule has 1 rings (SSSR count). The van der Waals surface area contributed by atoms with Crippen LogP contribution in [0.2, 0.25) is 0 Å². The zero-order chi connectivity index (χ0) is 10.6. The highest BCUT2D eigenvalue weighted by Gasteiger charge is 2.24. The molecule has 1 saturated heterocycles. The zero-order valence-corrected chi connectivity index (χ0v) is 9.14. The number of hydrogen-bond acceptors (Lipinski definition) is 3. The summed E-state index contributed by atoms with van der Waals surface area (Å²) in [6, 6.07) is -0.151. The molecule has 0 aromatic carbocycles. The van der Waals surface area contributed by atoms with Crippen LogP contribution in [0.4, 0.5) is 4.79 Å². The van der Waals surface area contributed by atoms with E-state index in [2.05, 4.69) is 5.32 Å². The van der Waals surface area contributed by atoms with E-state index in [-0.39, 0.29) is 17.5 Å². The predicted molar refractivity (Wildman–Crippen MR) is 53.9 cm³/mol. The monoisotopic (exact) mass is 220 g/mol. The lowest BCUT2D eigenvalue weighted by molar-refractivity contribution is 0.202. The van der Waals surface area contributed by atoms with Crippen molar-refractivity contribution in [3.63, 3.8) is 0 Å². The van der Waals surface area contributed by atoms with Crippen LogP contribution in [0.5, 0.6) is 0 Å². The van der Waals surface area contributed by atoms with Gasteiger partial charge in [-0.2, -0.15) is 0 Å². The quantitative estimate of drug-likeness (QED) is 0.703. The minimum Gasteiger partial charge on any atom is -0.338 e. The summed E-state index contributed by atoms with van der Waals surface area (Å²) in [5, 5.41) is 2.72. The molecule has 2 amide bonds. The van der Waals surface area contributed by atoms with E-state index in [1.165, 1.54) is 0 Å². The van der Waals surface area contributed by atoms with Crippen molar-refractivity contribution >= 4 is 15.9 Å². The fourth-order valence-electron chi connectivity index (χ4n) is 1.26. The molecule has 0 spiro atoms. The van der Waals surface area contributed by atoms with Gasteiger partial charge >= 0.3 is 6.03 Å². The Bertz CT molecular complexity index is 286. The van der Waals surface area contributed by atoms with Gasteiger partial charge < -0.3 is 10.2 Å². The van der Waals surface area contributed by atoms with Crippen molar-refractivity contribution in [2.45, 2.75) is 13.3 Å². The maximum absolute atomic E-state index is 11.4. The summed E-state index contributed by atoms with van der Waals surface area (Å²) >= 11 is 0. The molecule has 0 aromatic heterocycles. The molecule has 6 heteroatoms. The lowest BCUT2D eigenvalue weighted by Gasteiger charge is -2.26. The van der Waals surface area contributed by atoms with Gasteiger partial charge in [0.2, 0.25) is 0 Å². The summed E-state index contributed by atoms with van der Waals surface area (Å²) in [6.07, 6.45) is 0.887. The number of amides is 2. The van der Waals surface area contributed by atoms with Gasteiger partial charge in [0.1, 0.15) is 0 Å². The fourth-order valence-corrected chi connectivity index (χ4v) is 2.46. The number of rotatable bonds is 2. The number of carbonyl (C=O) groups is 1. The number of urea groups is 1. The number of nitrogens with zero attached hydrogens (tertiary/aromatic N) is 1. The lowest BCUT2D eigenvalue weighted by Crippen LogP contribution is -2.48. The number of sulfone groups is 1. The van der Waals surface area contributed by atoms with Crippen molar-refractivity contribution in [3.05, 3.63) is 0 Å². The van der Waals surface area contributed by atoms with Crippen molar-refractivity contribution in [2.75, 3.05) is 31.1 Å². The number of hydrogen-bond donors (Lipinski definition) is 1.